The number of halogens is 2. The van der Waals surface area contributed by atoms with Gasteiger partial charge >= 0.3 is 0 Å². The molecule has 0 spiro atoms. The monoisotopic (exact) mass is 845 g/mol. The predicted molar refractivity (Wildman–Crippen MR) is 230 cm³/mol. The molecule has 7 heterocycles. The number of aromatic nitrogens is 6. The van der Waals surface area contributed by atoms with Crippen molar-refractivity contribution in [2.24, 2.45) is 7.05 Å². The standard InChI is InChI=1S/C45H45F2N9O4S/c1-25-16-30(17-26(2)40(25)46)56-42(54-14-13-53(44(54)59)37-9-8-36-32(41(37)47)22-48-51(36)5)33-24-52(12-10-34(33)49-56)43(58)38-19-29-18-27(28-11-15-60-45(3,4)21-28)6-7-35(29)55(38)23-31-20-39(57)50-61-31/h6-9,13-14,16-20,22,28,44,59H,10-12,15,21,23-24H2,1-5H3,(H,50,57). The van der Waals surface area contributed by atoms with Gasteiger partial charge in [-0.05, 0) is 106 Å². The molecule has 4 aromatic heterocycles. The molecular formula is C45H45F2N9O4S. The lowest BCUT2D eigenvalue weighted by Crippen LogP contribution is -2.41. The maximum Gasteiger partial charge on any atom is 0.270 e. The molecule has 3 aromatic carbocycles. The van der Waals surface area contributed by atoms with Crippen molar-refractivity contribution in [1.29, 1.82) is 0 Å². The van der Waals surface area contributed by atoms with Gasteiger partial charge in [0.2, 0.25) is 6.35 Å². The van der Waals surface area contributed by atoms with E-state index in [9.17, 15) is 19.1 Å². The van der Waals surface area contributed by atoms with Crippen molar-refractivity contribution in [2.45, 2.75) is 77.9 Å². The van der Waals surface area contributed by atoms with E-state index in [1.54, 1.807) is 82.8 Å². The summed E-state index contributed by atoms with van der Waals surface area (Å²) in [5.74, 6) is -0.265. The summed E-state index contributed by atoms with van der Waals surface area (Å²) in [7, 11) is 1.74. The Balaban J connectivity index is 1.04. The minimum absolute atomic E-state index is 0.150. The van der Waals surface area contributed by atoms with Gasteiger partial charge < -0.3 is 24.2 Å². The number of anilines is 2. The summed E-state index contributed by atoms with van der Waals surface area (Å²) in [5.41, 5.74) is 5.78. The summed E-state index contributed by atoms with van der Waals surface area (Å²) < 4.78 is 45.1. The molecule has 0 saturated carbocycles. The zero-order valence-electron chi connectivity index (χ0n) is 34.4. The molecule has 10 rings (SSSR count). The van der Waals surface area contributed by atoms with E-state index in [-0.39, 0.29) is 35.1 Å². The Kier molecular flexibility index (Phi) is 9.30. The Bertz CT molecular complexity index is 2970. The Labute approximate surface area is 353 Å². The van der Waals surface area contributed by atoms with E-state index in [1.807, 2.05) is 10.6 Å². The largest absolute Gasteiger partial charge is 0.376 e. The van der Waals surface area contributed by atoms with Crippen LogP contribution in [0.3, 0.4) is 0 Å². The summed E-state index contributed by atoms with van der Waals surface area (Å²) in [6.45, 7) is 9.15. The summed E-state index contributed by atoms with van der Waals surface area (Å²) in [5, 5.41) is 22.5. The van der Waals surface area contributed by atoms with Crippen molar-refractivity contribution in [3.8, 4) is 5.69 Å². The van der Waals surface area contributed by atoms with E-state index in [4.69, 9.17) is 9.84 Å². The lowest BCUT2D eigenvalue weighted by molar-refractivity contribution is -0.0592. The number of nitrogens with one attached hydrogen (secondary N) is 1. The molecule has 3 aliphatic heterocycles. The minimum atomic E-state index is -1.40. The molecule has 2 unspecified atom stereocenters. The summed E-state index contributed by atoms with van der Waals surface area (Å²) in [6, 6.07) is 16.7. The molecule has 2 atom stereocenters. The number of ether oxygens (including phenoxy) is 1. The number of benzene rings is 3. The number of carbonyl (C=O) groups is 1. The second kappa shape index (κ2) is 14.5. The van der Waals surface area contributed by atoms with E-state index in [2.05, 4.69) is 41.5 Å². The topological polar surface area (TPSA) is 130 Å². The van der Waals surface area contributed by atoms with Crippen LogP contribution >= 0.6 is 11.5 Å². The van der Waals surface area contributed by atoms with Crippen molar-refractivity contribution < 1.29 is 23.4 Å². The number of H-pyrrole nitrogens is 1. The molecule has 1 fully saturated rings. The summed E-state index contributed by atoms with van der Waals surface area (Å²) in [6.07, 6.45) is 5.53. The Hall–Kier alpha value is -6.10. The number of rotatable bonds is 7. The summed E-state index contributed by atoms with van der Waals surface area (Å²) in [4.78, 5) is 32.8. The van der Waals surface area contributed by atoms with Crippen LogP contribution in [-0.2, 0) is 31.3 Å². The first-order chi connectivity index (χ1) is 29.2. The number of aryl methyl sites for hydroxylation is 3. The zero-order chi connectivity index (χ0) is 42.5. The van der Waals surface area contributed by atoms with Crippen LogP contribution in [0, 0.1) is 25.5 Å². The molecule has 1 saturated heterocycles. The fraction of sp³-hybridized carbons (Fsp3) is 0.333. The molecule has 3 aliphatic rings. The maximum absolute atomic E-state index is 16.0. The van der Waals surface area contributed by atoms with Gasteiger partial charge in [0.05, 0.1) is 52.9 Å². The van der Waals surface area contributed by atoms with Crippen LogP contribution in [0.5, 0.6) is 0 Å². The SMILES string of the molecule is Cc1cc(-n2nc3c(c2N2C=CN(c4ccc5c(cnn5C)c4F)C2O)CN(C(=O)c2cc4cc(C5CCOC(C)(C)C5)ccc4n2Cc2cc(=O)[nH]s2)CC3)cc(C)c1F. The van der Waals surface area contributed by atoms with Gasteiger partial charge in [-0.1, -0.05) is 17.6 Å². The lowest BCUT2D eigenvalue weighted by Gasteiger charge is -2.35. The third-order valence-corrected chi connectivity index (χ3v) is 13.2. The number of hydrogen-bond acceptors (Lipinski definition) is 9. The number of aliphatic hydroxyl groups excluding tert-OH is 1. The van der Waals surface area contributed by atoms with Crippen molar-refractivity contribution >= 4 is 50.8 Å². The van der Waals surface area contributed by atoms with Crippen molar-refractivity contribution in [3.63, 3.8) is 0 Å². The Morgan fingerprint density at radius 3 is 2.54 bits per heavy atom. The third-order valence-electron chi connectivity index (χ3n) is 12.4. The highest BCUT2D eigenvalue weighted by molar-refractivity contribution is 7.05. The van der Waals surface area contributed by atoms with Gasteiger partial charge in [0.25, 0.3) is 11.5 Å². The lowest BCUT2D eigenvalue weighted by atomic mass is 9.83. The Morgan fingerprint density at radius 2 is 1.79 bits per heavy atom. The van der Waals surface area contributed by atoms with Gasteiger partial charge in [-0.3, -0.25) is 23.5 Å². The molecule has 2 N–H and O–H groups in total. The van der Waals surface area contributed by atoms with Gasteiger partial charge in [0.1, 0.15) is 17.3 Å². The second-order valence-corrected chi connectivity index (χ2v) is 17.9. The van der Waals surface area contributed by atoms with Gasteiger partial charge in [-0.2, -0.15) is 10.2 Å². The highest BCUT2D eigenvalue weighted by atomic mass is 32.1. The van der Waals surface area contributed by atoms with Crippen LogP contribution < -0.4 is 15.4 Å². The molecule has 0 bridgehead atoms. The van der Waals surface area contributed by atoms with Gasteiger partial charge in [0, 0.05) is 66.4 Å². The quantitative estimate of drug-likeness (QED) is 0.171. The predicted octanol–water partition coefficient (Wildman–Crippen LogP) is 7.35. The number of fused-ring (bicyclic) bond motifs is 3. The normalized spacial score (nSPS) is 18.9. The first kappa shape index (κ1) is 39.1. The van der Waals surface area contributed by atoms with E-state index < -0.39 is 12.2 Å². The molecule has 61 heavy (non-hydrogen) atoms. The highest BCUT2D eigenvalue weighted by Crippen LogP contribution is 2.40. The smallest absolute Gasteiger partial charge is 0.270 e. The van der Waals surface area contributed by atoms with Gasteiger partial charge in [0.15, 0.2) is 5.82 Å². The third kappa shape index (κ3) is 6.64. The van der Waals surface area contributed by atoms with Crippen molar-refractivity contribution in [1.82, 2.24) is 33.4 Å². The number of aromatic amines is 1. The molecular weight excluding hydrogens is 801 g/mol. The maximum atomic E-state index is 16.0. The molecule has 7 aromatic rings. The van der Waals surface area contributed by atoms with E-state index in [1.165, 1.54) is 28.2 Å². The number of amides is 1. The number of aliphatic hydroxyl groups is 1. The zero-order valence-corrected chi connectivity index (χ0v) is 35.3. The minimum Gasteiger partial charge on any atom is -0.376 e. The molecule has 0 aliphatic carbocycles. The van der Waals surface area contributed by atoms with Crippen LogP contribution in [0.2, 0.25) is 0 Å². The average Bonchev–Trinajstić information content (AvgIpc) is 4.07. The Morgan fingerprint density at radius 1 is 1.02 bits per heavy atom. The molecule has 13 nitrogen and oxygen atoms in total. The number of nitrogens with zero attached hydrogens (tertiary/aromatic N) is 8. The van der Waals surface area contributed by atoms with Crippen LogP contribution in [0.15, 0.2) is 78.0 Å². The van der Waals surface area contributed by atoms with E-state index in [0.717, 1.165) is 34.3 Å². The fourth-order valence-electron chi connectivity index (χ4n) is 9.35. The first-order valence-electron chi connectivity index (χ1n) is 20.4. The van der Waals surface area contributed by atoms with E-state index >= 15 is 4.39 Å². The summed E-state index contributed by atoms with van der Waals surface area (Å²) >= 11 is 1.25. The molecule has 1 amide bonds. The number of carbonyl (C=O) groups excluding carboxylic acids is 1. The van der Waals surface area contributed by atoms with Crippen molar-refractivity contribution in [3.05, 3.63) is 134 Å². The van der Waals surface area contributed by atoms with Crippen molar-refractivity contribution in [2.75, 3.05) is 23.0 Å². The van der Waals surface area contributed by atoms with Crippen LogP contribution in [0.4, 0.5) is 20.3 Å². The van der Waals surface area contributed by atoms with E-state index in [0.29, 0.717) is 76.8 Å². The fourth-order valence-corrected chi connectivity index (χ4v) is 10.00. The van der Waals surface area contributed by atoms with Crippen LogP contribution in [-0.4, -0.2) is 69.5 Å². The molecule has 16 heteroatoms. The van der Waals surface area contributed by atoms with Gasteiger partial charge in [-0.15, -0.1) is 0 Å². The average molecular weight is 846 g/mol. The van der Waals surface area contributed by atoms with Crippen LogP contribution in [0.25, 0.3) is 27.5 Å². The number of hydrogen-bond donors (Lipinski definition) is 2. The van der Waals surface area contributed by atoms with Crippen LogP contribution in [0.1, 0.15) is 75.9 Å². The molecule has 0 radical (unpaired) electrons. The highest BCUT2D eigenvalue weighted by Gasteiger charge is 2.38. The second-order valence-electron chi connectivity index (χ2n) is 17.0. The first-order valence-corrected chi connectivity index (χ1v) is 21.2. The molecule has 314 valence electrons. The van der Waals surface area contributed by atoms with Gasteiger partial charge in [-0.25, -0.2) is 13.5 Å².